The molecule has 0 saturated carbocycles. The summed E-state index contributed by atoms with van der Waals surface area (Å²) in [6.07, 6.45) is 0.271. The Hall–Kier alpha value is -4.25. The number of nitrogens with one attached hydrogen (secondary N) is 1. The molecule has 10 nitrogen and oxygen atoms in total. The lowest BCUT2D eigenvalue weighted by atomic mass is 10.1. The summed E-state index contributed by atoms with van der Waals surface area (Å²) in [4.78, 5) is 64.9. The van der Waals surface area contributed by atoms with Gasteiger partial charge in [0.25, 0.3) is 23.6 Å². The highest BCUT2D eigenvalue weighted by atomic mass is 32.1. The Labute approximate surface area is 197 Å². The Morgan fingerprint density at radius 1 is 0.853 bits per heavy atom. The second-order valence-electron chi connectivity index (χ2n) is 7.75. The highest BCUT2D eigenvalue weighted by Crippen LogP contribution is 2.26. The van der Waals surface area contributed by atoms with Gasteiger partial charge < -0.3 is 0 Å². The average molecular weight is 475 g/mol. The molecule has 0 radical (unpaired) electrons. The molecule has 1 aromatic heterocycles. The van der Waals surface area contributed by atoms with Crippen LogP contribution >= 0.6 is 11.3 Å². The smallest absolute Gasteiger partial charge is 0.262 e. The highest BCUT2D eigenvalue weighted by molar-refractivity contribution is 7.15. The zero-order valence-corrected chi connectivity index (χ0v) is 18.7. The molecule has 0 aliphatic carbocycles. The molecule has 0 bridgehead atoms. The van der Waals surface area contributed by atoms with Crippen molar-refractivity contribution in [3.63, 3.8) is 0 Å². The lowest BCUT2D eigenvalue weighted by Gasteiger charge is -2.20. The first-order valence-electron chi connectivity index (χ1n) is 10.4. The normalized spacial score (nSPS) is 15.6. The summed E-state index contributed by atoms with van der Waals surface area (Å²) < 4.78 is 0. The molecule has 2 aromatic carbocycles. The van der Waals surface area contributed by atoms with Crippen molar-refractivity contribution in [2.75, 3.05) is 11.9 Å². The van der Waals surface area contributed by atoms with Gasteiger partial charge >= 0.3 is 0 Å². The molecule has 2 aliphatic heterocycles. The molecule has 34 heavy (non-hydrogen) atoms. The molecule has 1 atom stereocenters. The van der Waals surface area contributed by atoms with E-state index in [0.717, 1.165) is 21.1 Å². The molecule has 3 heterocycles. The molecule has 0 spiro atoms. The maximum absolute atomic E-state index is 12.7. The second-order valence-corrected chi connectivity index (χ2v) is 8.81. The standard InChI is InChI=1S/C23H17N5O5S/c1-12(28-21(32)15-8-4-5-9-16(15)22(28)33)18(29)24-23-26-25-17(34-23)10-11-27-19(30)13-6-2-3-7-14(13)20(27)31/h2-9,12H,10-11H2,1H3,(H,24,26,29). The fraction of sp³-hybridized carbons (Fsp3) is 0.174. The van der Waals surface area contributed by atoms with Crippen LogP contribution in [-0.2, 0) is 11.2 Å². The van der Waals surface area contributed by atoms with Crippen LogP contribution in [0.2, 0.25) is 0 Å². The van der Waals surface area contributed by atoms with Crippen molar-refractivity contribution in [2.24, 2.45) is 0 Å². The maximum atomic E-state index is 12.7. The number of fused-ring (bicyclic) bond motifs is 2. The minimum Gasteiger partial charge on any atom is -0.299 e. The van der Waals surface area contributed by atoms with E-state index in [1.807, 2.05) is 0 Å². The molecule has 0 saturated heterocycles. The molecule has 3 aromatic rings. The molecule has 170 valence electrons. The van der Waals surface area contributed by atoms with Crippen molar-refractivity contribution in [2.45, 2.75) is 19.4 Å². The van der Waals surface area contributed by atoms with E-state index in [2.05, 4.69) is 15.5 Å². The topological polar surface area (TPSA) is 130 Å². The van der Waals surface area contributed by atoms with Crippen LogP contribution in [0.1, 0.15) is 53.4 Å². The number of imide groups is 2. The van der Waals surface area contributed by atoms with Crippen LogP contribution in [0.5, 0.6) is 0 Å². The number of amides is 5. The zero-order chi connectivity index (χ0) is 24.0. The van der Waals surface area contributed by atoms with Gasteiger partial charge in [0.05, 0.1) is 22.3 Å². The van der Waals surface area contributed by atoms with E-state index in [1.54, 1.807) is 48.5 Å². The van der Waals surface area contributed by atoms with Gasteiger partial charge in [0.15, 0.2) is 0 Å². The van der Waals surface area contributed by atoms with Crippen molar-refractivity contribution >= 4 is 46.0 Å². The van der Waals surface area contributed by atoms with Gasteiger partial charge in [-0.3, -0.25) is 39.1 Å². The van der Waals surface area contributed by atoms with E-state index < -0.39 is 23.8 Å². The third kappa shape index (κ3) is 3.46. The van der Waals surface area contributed by atoms with E-state index in [9.17, 15) is 24.0 Å². The minimum atomic E-state index is -1.06. The second kappa shape index (κ2) is 8.27. The van der Waals surface area contributed by atoms with Crippen LogP contribution in [0.4, 0.5) is 5.13 Å². The number of hydrogen-bond acceptors (Lipinski definition) is 8. The summed E-state index contributed by atoms with van der Waals surface area (Å²) in [6.45, 7) is 1.58. The van der Waals surface area contributed by atoms with Crippen LogP contribution in [0.15, 0.2) is 48.5 Å². The van der Waals surface area contributed by atoms with Crippen molar-refractivity contribution < 1.29 is 24.0 Å². The molecular formula is C23H17N5O5S. The summed E-state index contributed by atoms with van der Waals surface area (Å²) in [7, 11) is 0. The lowest BCUT2D eigenvalue weighted by molar-refractivity contribution is -0.119. The Kier molecular flexibility index (Phi) is 5.25. The highest BCUT2D eigenvalue weighted by Gasteiger charge is 2.41. The molecule has 1 unspecified atom stereocenters. The Bertz CT molecular complexity index is 1310. The van der Waals surface area contributed by atoms with Gasteiger partial charge in [0.2, 0.25) is 11.0 Å². The first kappa shape index (κ1) is 21.6. The Morgan fingerprint density at radius 2 is 1.35 bits per heavy atom. The lowest BCUT2D eigenvalue weighted by Crippen LogP contribution is -2.45. The summed E-state index contributed by atoms with van der Waals surface area (Å²) in [5.41, 5.74) is 1.27. The molecule has 2 aliphatic rings. The molecule has 5 rings (SSSR count). The van der Waals surface area contributed by atoms with Gasteiger partial charge in [-0.25, -0.2) is 0 Å². The van der Waals surface area contributed by atoms with E-state index in [4.69, 9.17) is 0 Å². The molecule has 1 N–H and O–H groups in total. The van der Waals surface area contributed by atoms with Crippen LogP contribution in [0.25, 0.3) is 0 Å². The van der Waals surface area contributed by atoms with E-state index in [0.29, 0.717) is 16.1 Å². The fourth-order valence-corrected chi connectivity index (χ4v) is 4.67. The molecule has 11 heteroatoms. The number of benzene rings is 2. The summed E-state index contributed by atoms with van der Waals surface area (Å²) in [5, 5.41) is 11.2. The van der Waals surface area contributed by atoms with Gasteiger partial charge in [-0.1, -0.05) is 35.6 Å². The predicted octanol–water partition coefficient (Wildman–Crippen LogP) is 2.00. The van der Waals surface area contributed by atoms with Gasteiger partial charge in [0, 0.05) is 13.0 Å². The third-order valence-electron chi connectivity index (χ3n) is 5.72. The summed E-state index contributed by atoms with van der Waals surface area (Å²) >= 11 is 1.09. The number of carbonyl (C=O) groups excluding carboxylic acids is 5. The van der Waals surface area contributed by atoms with E-state index in [1.165, 1.54) is 6.92 Å². The van der Waals surface area contributed by atoms with Crippen molar-refractivity contribution in [1.29, 1.82) is 0 Å². The summed E-state index contributed by atoms with van der Waals surface area (Å²) in [6, 6.07) is 12.0. The monoisotopic (exact) mass is 475 g/mol. The number of hydrogen-bond donors (Lipinski definition) is 1. The van der Waals surface area contributed by atoms with Crippen molar-refractivity contribution in [3.05, 3.63) is 75.8 Å². The van der Waals surface area contributed by atoms with Gasteiger partial charge in [-0.05, 0) is 31.2 Å². The number of carbonyl (C=O) groups is 5. The number of anilines is 1. The van der Waals surface area contributed by atoms with Crippen LogP contribution in [0, 0.1) is 0 Å². The van der Waals surface area contributed by atoms with Crippen LogP contribution in [0.3, 0.4) is 0 Å². The van der Waals surface area contributed by atoms with Crippen LogP contribution in [-0.4, -0.2) is 62.1 Å². The van der Waals surface area contributed by atoms with E-state index in [-0.39, 0.29) is 41.0 Å². The number of aromatic nitrogens is 2. The largest absolute Gasteiger partial charge is 0.299 e. The number of rotatable bonds is 6. The maximum Gasteiger partial charge on any atom is 0.262 e. The summed E-state index contributed by atoms with van der Waals surface area (Å²) in [5.74, 6) is -2.34. The van der Waals surface area contributed by atoms with Crippen molar-refractivity contribution in [3.8, 4) is 0 Å². The van der Waals surface area contributed by atoms with Gasteiger partial charge in [0.1, 0.15) is 11.0 Å². The molecule has 5 amide bonds. The molecular weight excluding hydrogens is 458 g/mol. The minimum absolute atomic E-state index is 0.125. The Balaban J connectivity index is 1.21. The first-order valence-corrected chi connectivity index (χ1v) is 11.2. The number of nitrogens with zero attached hydrogens (tertiary/aromatic N) is 4. The molecule has 0 fully saturated rings. The zero-order valence-electron chi connectivity index (χ0n) is 17.8. The Morgan fingerprint density at radius 3 is 1.88 bits per heavy atom. The quantitative estimate of drug-likeness (QED) is 0.540. The van der Waals surface area contributed by atoms with Crippen LogP contribution < -0.4 is 5.32 Å². The van der Waals surface area contributed by atoms with Crippen molar-refractivity contribution in [1.82, 2.24) is 20.0 Å². The van der Waals surface area contributed by atoms with E-state index >= 15 is 0 Å². The predicted molar refractivity (Wildman–Crippen MR) is 120 cm³/mol. The SMILES string of the molecule is CC(C(=O)Nc1nnc(CCN2C(=O)c3ccccc3C2=O)s1)N1C(=O)c2ccccc2C1=O. The third-order valence-corrected chi connectivity index (χ3v) is 6.62. The van der Waals surface area contributed by atoms with Gasteiger partial charge in [-0.15, -0.1) is 10.2 Å². The van der Waals surface area contributed by atoms with Gasteiger partial charge in [-0.2, -0.15) is 0 Å². The average Bonchev–Trinajstić information content (AvgIpc) is 3.47. The first-order chi connectivity index (χ1) is 16.4. The fourth-order valence-electron chi connectivity index (χ4n) is 3.94.